The SMILES string of the molecule is CCOc1cc(N/C(=C/C(=O)OC)C(=O)OC)c(Cl)cc1C(=O)NCC1CN(Cc2ccc(F)cc2)CCO1. The number of nitrogens with zero attached hydrogens (tertiary/aromatic N) is 1. The fourth-order valence-electron chi connectivity index (χ4n) is 3.88. The largest absolute Gasteiger partial charge is 0.493 e. The molecule has 0 aromatic heterocycles. The number of carbonyl (C=O) groups is 3. The molecule has 39 heavy (non-hydrogen) atoms. The van der Waals surface area contributed by atoms with Crippen LogP contribution in [0.3, 0.4) is 0 Å². The van der Waals surface area contributed by atoms with Gasteiger partial charge in [0.05, 0.1) is 55.9 Å². The Labute approximate surface area is 231 Å². The van der Waals surface area contributed by atoms with Crippen molar-refractivity contribution >= 4 is 35.1 Å². The maximum absolute atomic E-state index is 13.2. The van der Waals surface area contributed by atoms with E-state index >= 15 is 0 Å². The first-order valence-corrected chi connectivity index (χ1v) is 12.6. The minimum atomic E-state index is -0.822. The third-order valence-corrected chi connectivity index (χ3v) is 6.10. The molecule has 0 bridgehead atoms. The summed E-state index contributed by atoms with van der Waals surface area (Å²) >= 11 is 6.41. The predicted octanol–water partition coefficient (Wildman–Crippen LogP) is 3.15. The molecular weight excluding hydrogens is 533 g/mol. The lowest BCUT2D eigenvalue weighted by Gasteiger charge is -2.33. The van der Waals surface area contributed by atoms with Crippen LogP contribution >= 0.6 is 11.6 Å². The van der Waals surface area contributed by atoms with E-state index in [1.165, 1.54) is 31.4 Å². The van der Waals surface area contributed by atoms with Crippen LogP contribution in [0.1, 0.15) is 22.8 Å². The Kier molecular flexibility index (Phi) is 11.1. The summed E-state index contributed by atoms with van der Waals surface area (Å²) in [4.78, 5) is 39.1. The van der Waals surface area contributed by atoms with E-state index in [0.29, 0.717) is 19.7 Å². The number of amides is 1. The molecule has 1 heterocycles. The van der Waals surface area contributed by atoms with Crippen molar-refractivity contribution in [1.29, 1.82) is 0 Å². The van der Waals surface area contributed by atoms with E-state index in [9.17, 15) is 18.8 Å². The lowest BCUT2D eigenvalue weighted by atomic mass is 10.1. The maximum atomic E-state index is 13.2. The van der Waals surface area contributed by atoms with Gasteiger partial charge in [0.25, 0.3) is 5.91 Å². The predicted molar refractivity (Wildman–Crippen MR) is 142 cm³/mol. The molecule has 210 valence electrons. The molecule has 0 radical (unpaired) electrons. The fourth-order valence-corrected chi connectivity index (χ4v) is 4.09. The number of morpholine rings is 1. The van der Waals surface area contributed by atoms with Crippen molar-refractivity contribution in [2.24, 2.45) is 0 Å². The van der Waals surface area contributed by atoms with Gasteiger partial charge in [-0.25, -0.2) is 14.0 Å². The van der Waals surface area contributed by atoms with Gasteiger partial charge in [-0.15, -0.1) is 0 Å². The van der Waals surface area contributed by atoms with Gasteiger partial charge >= 0.3 is 11.9 Å². The van der Waals surface area contributed by atoms with Crippen LogP contribution in [0.15, 0.2) is 48.2 Å². The van der Waals surface area contributed by atoms with Crippen molar-refractivity contribution < 1.29 is 37.7 Å². The van der Waals surface area contributed by atoms with E-state index in [1.54, 1.807) is 19.1 Å². The van der Waals surface area contributed by atoms with Crippen LogP contribution in [-0.2, 0) is 30.3 Å². The second kappa shape index (κ2) is 14.5. The molecule has 10 nitrogen and oxygen atoms in total. The second-order valence-corrected chi connectivity index (χ2v) is 8.93. The van der Waals surface area contributed by atoms with Crippen LogP contribution in [0.25, 0.3) is 0 Å². The number of halogens is 2. The van der Waals surface area contributed by atoms with Crippen molar-refractivity contribution in [1.82, 2.24) is 10.2 Å². The Hall–Kier alpha value is -3.67. The highest BCUT2D eigenvalue weighted by molar-refractivity contribution is 6.34. The van der Waals surface area contributed by atoms with Gasteiger partial charge in [0.2, 0.25) is 0 Å². The van der Waals surface area contributed by atoms with Gasteiger partial charge in [-0.3, -0.25) is 9.69 Å². The van der Waals surface area contributed by atoms with Gasteiger partial charge in [-0.2, -0.15) is 0 Å². The molecule has 0 saturated carbocycles. The number of benzene rings is 2. The van der Waals surface area contributed by atoms with Gasteiger partial charge in [-0.1, -0.05) is 23.7 Å². The highest BCUT2D eigenvalue weighted by Crippen LogP contribution is 2.32. The lowest BCUT2D eigenvalue weighted by Crippen LogP contribution is -2.47. The van der Waals surface area contributed by atoms with Crippen molar-refractivity contribution in [3.8, 4) is 5.75 Å². The number of nitrogens with one attached hydrogen (secondary N) is 2. The number of ether oxygens (including phenoxy) is 4. The molecule has 3 rings (SSSR count). The highest BCUT2D eigenvalue weighted by Gasteiger charge is 2.23. The van der Waals surface area contributed by atoms with Gasteiger partial charge in [0.1, 0.15) is 17.3 Å². The summed E-state index contributed by atoms with van der Waals surface area (Å²) in [6.07, 6.45) is 0.674. The Balaban J connectivity index is 1.69. The number of anilines is 1. The quantitative estimate of drug-likeness (QED) is 0.314. The number of rotatable bonds is 11. The summed E-state index contributed by atoms with van der Waals surface area (Å²) in [7, 11) is 2.33. The summed E-state index contributed by atoms with van der Waals surface area (Å²) in [5.74, 6) is -2.09. The molecule has 1 unspecified atom stereocenters. The van der Waals surface area contributed by atoms with E-state index in [1.807, 2.05) is 0 Å². The first-order valence-electron chi connectivity index (χ1n) is 12.2. The van der Waals surface area contributed by atoms with Gasteiger partial charge in [0.15, 0.2) is 0 Å². The summed E-state index contributed by atoms with van der Waals surface area (Å²) in [5.41, 5.74) is 1.17. The molecule has 2 aromatic carbocycles. The zero-order chi connectivity index (χ0) is 28.4. The average molecular weight is 564 g/mol. The molecule has 2 N–H and O–H groups in total. The number of methoxy groups -OCH3 is 2. The van der Waals surface area contributed by atoms with Crippen LogP contribution in [0.2, 0.25) is 5.02 Å². The van der Waals surface area contributed by atoms with Crippen molar-refractivity contribution in [3.63, 3.8) is 0 Å². The Bertz CT molecular complexity index is 1210. The van der Waals surface area contributed by atoms with Gasteiger partial charge in [-0.05, 0) is 30.7 Å². The van der Waals surface area contributed by atoms with Crippen LogP contribution in [0, 0.1) is 5.82 Å². The Morgan fingerprint density at radius 1 is 1.18 bits per heavy atom. The smallest absolute Gasteiger partial charge is 0.354 e. The molecule has 2 aromatic rings. The summed E-state index contributed by atoms with van der Waals surface area (Å²) in [6.45, 7) is 4.71. The number of hydrogen-bond acceptors (Lipinski definition) is 9. The van der Waals surface area contributed by atoms with E-state index < -0.39 is 17.8 Å². The molecule has 1 aliphatic rings. The minimum absolute atomic E-state index is 0.0997. The molecule has 0 aliphatic carbocycles. The van der Waals surface area contributed by atoms with E-state index in [-0.39, 0.29) is 52.8 Å². The molecule has 12 heteroatoms. The van der Waals surface area contributed by atoms with Crippen molar-refractivity contribution in [3.05, 3.63) is 70.1 Å². The topological polar surface area (TPSA) is 115 Å². The summed E-state index contributed by atoms with van der Waals surface area (Å²) in [6, 6.07) is 9.22. The molecule has 1 amide bonds. The van der Waals surface area contributed by atoms with Crippen LogP contribution in [-0.4, -0.2) is 75.9 Å². The van der Waals surface area contributed by atoms with Crippen molar-refractivity contribution in [2.75, 3.05) is 52.4 Å². The minimum Gasteiger partial charge on any atom is -0.493 e. The monoisotopic (exact) mass is 563 g/mol. The number of esters is 2. The third-order valence-electron chi connectivity index (χ3n) is 5.78. The highest BCUT2D eigenvalue weighted by atomic mass is 35.5. The number of hydrogen-bond donors (Lipinski definition) is 2. The molecule has 0 spiro atoms. The Morgan fingerprint density at radius 2 is 1.92 bits per heavy atom. The van der Waals surface area contributed by atoms with E-state index in [0.717, 1.165) is 25.3 Å². The van der Waals surface area contributed by atoms with Crippen LogP contribution in [0.5, 0.6) is 5.75 Å². The summed E-state index contributed by atoms with van der Waals surface area (Å²) in [5, 5.41) is 5.70. The fraction of sp³-hybridized carbons (Fsp3) is 0.370. The van der Waals surface area contributed by atoms with E-state index in [2.05, 4.69) is 20.3 Å². The zero-order valence-electron chi connectivity index (χ0n) is 21.9. The maximum Gasteiger partial charge on any atom is 0.354 e. The standard InChI is InChI=1S/C27H31ClFN3O7/c1-4-38-24-12-22(31-23(27(35)37-3)13-25(33)36-2)21(28)11-20(24)26(34)30-14-19-16-32(9-10-39-19)15-17-5-7-18(29)8-6-17/h5-8,11-13,19,31H,4,9-10,14-16H2,1-3H3,(H,30,34)/b23-13+. The number of carbonyl (C=O) groups excluding carboxylic acids is 3. The molecule has 1 fully saturated rings. The first-order chi connectivity index (χ1) is 18.7. The molecular formula is C27H31ClFN3O7. The third kappa shape index (κ3) is 8.67. The average Bonchev–Trinajstić information content (AvgIpc) is 2.93. The van der Waals surface area contributed by atoms with E-state index in [4.69, 9.17) is 25.8 Å². The van der Waals surface area contributed by atoms with Gasteiger partial charge in [0, 0.05) is 32.2 Å². The van der Waals surface area contributed by atoms with Gasteiger partial charge < -0.3 is 29.6 Å². The first kappa shape index (κ1) is 29.9. The zero-order valence-corrected chi connectivity index (χ0v) is 22.7. The Morgan fingerprint density at radius 3 is 2.59 bits per heavy atom. The molecule has 1 aliphatic heterocycles. The van der Waals surface area contributed by atoms with Crippen LogP contribution < -0.4 is 15.4 Å². The normalized spacial score (nSPS) is 15.8. The van der Waals surface area contributed by atoms with Crippen molar-refractivity contribution in [2.45, 2.75) is 19.6 Å². The second-order valence-electron chi connectivity index (χ2n) is 8.52. The molecule has 1 atom stereocenters. The lowest BCUT2D eigenvalue weighted by molar-refractivity contribution is -0.138. The van der Waals surface area contributed by atoms with Crippen LogP contribution in [0.4, 0.5) is 10.1 Å². The summed E-state index contributed by atoms with van der Waals surface area (Å²) < 4.78 is 33.9. The molecule has 1 saturated heterocycles.